The Morgan fingerprint density at radius 3 is 2.53 bits per heavy atom. The third kappa shape index (κ3) is 3.91. The molecule has 0 unspecified atom stereocenters. The first-order valence-electron chi connectivity index (χ1n) is 4.21. The Labute approximate surface area is 89.9 Å². The zero-order valence-electron chi connectivity index (χ0n) is 7.92. The van der Waals surface area contributed by atoms with Gasteiger partial charge in [0.05, 0.1) is 0 Å². The van der Waals surface area contributed by atoms with E-state index in [9.17, 15) is 13.2 Å². The lowest BCUT2D eigenvalue weighted by atomic mass is 10.4. The van der Waals surface area contributed by atoms with Crippen molar-refractivity contribution in [3.8, 4) is 0 Å². The van der Waals surface area contributed by atoms with E-state index >= 15 is 0 Å². The van der Waals surface area contributed by atoms with Gasteiger partial charge in [0.2, 0.25) is 0 Å². The van der Waals surface area contributed by atoms with Crippen LogP contribution in [0, 0.1) is 0 Å². The molecule has 0 atom stereocenters. The van der Waals surface area contributed by atoms with Gasteiger partial charge >= 0.3 is 6.18 Å². The fourth-order valence-electron chi connectivity index (χ4n) is 1.07. The summed E-state index contributed by atoms with van der Waals surface area (Å²) in [6.45, 7) is 0.769. The van der Waals surface area contributed by atoms with E-state index in [2.05, 4.69) is 9.97 Å². The van der Waals surface area contributed by atoms with Crippen molar-refractivity contribution in [1.29, 1.82) is 0 Å². The highest BCUT2D eigenvalue weighted by Gasteiger charge is 2.30. The summed E-state index contributed by atoms with van der Waals surface area (Å²) in [6.07, 6.45) is -3.12. The van der Waals surface area contributed by atoms with Gasteiger partial charge in [0.1, 0.15) is 23.8 Å². The van der Waals surface area contributed by atoms with Crippen molar-refractivity contribution < 1.29 is 13.2 Å². The van der Waals surface area contributed by atoms with Crippen LogP contribution in [0.4, 0.5) is 19.0 Å². The van der Waals surface area contributed by atoms with Crippen molar-refractivity contribution in [3.05, 3.63) is 17.5 Å². The molecule has 0 spiro atoms. The molecule has 0 aliphatic heterocycles. The first kappa shape index (κ1) is 12.0. The fourth-order valence-corrected chi connectivity index (χ4v) is 1.21. The van der Waals surface area contributed by atoms with Gasteiger partial charge in [-0.25, -0.2) is 9.97 Å². The lowest BCUT2D eigenvalue weighted by Crippen LogP contribution is -2.34. The molecule has 3 nitrogen and oxygen atoms in total. The second-order valence-corrected chi connectivity index (χ2v) is 3.22. The lowest BCUT2D eigenvalue weighted by Gasteiger charge is -2.22. The van der Waals surface area contributed by atoms with Gasteiger partial charge in [0.15, 0.2) is 0 Å². The SMILES string of the molecule is CCN(CC(F)(F)F)c1cc(Cl)ncn1. The fraction of sp³-hybridized carbons (Fsp3) is 0.500. The molecule has 1 heterocycles. The van der Waals surface area contributed by atoms with Gasteiger partial charge in [-0.15, -0.1) is 0 Å². The van der Waals surface area contributed by atoms with E-state index in [4.69, 9.17) is 11.6 Å². The quantitative estimate of drug-likeness (QED) is 0.759. The molecule has 1 aromatic rings. The monoisotopic (exact) mass is 239 g/mol. The highest BCUT2D eigenvalue weighted by molar-refractivity contribution is 6.29. The van der Waals surface area contributed by atoms with Crippen LogP contribution in [0.5, 0.6) is 0 Å². The Kier molecular flexibility index (Phi) is 3.73. The van der Waals surface area contributed by atoms with E-state index in [1.54, 1.807) is 6.92 Å². The summed E-state index contributed by atoms with van der Waals surface area (Å²) in [5.74, 6) is 0.176. The Morgan fingerprint density at radius 2 is 2.07 bits per heavy atom. The van der Waals surface area contributed by atoms with E-state index in [1.807, 2.05) is 0 Å². The van der Waals surface area contributed by atoms with Crippen molar-refractivity contribution in [2.75, 3.05) is 18.0 Å². The zero-order chi connectivity index (χ0) is 11.5. The van der Waals surface area contributed by atoms with Gasteiger partial charge in [-0.1, -0.05) is 11.6 Å². The molecule has 1 aromatic heterocycles. The van der Waals surface area contributed by atoms with Crippen molar-refractivity contribution in [3.63, 3.8) is 0 Å². The molecular weight excluding hydrogens is 231 g/mol. The first-order valence-corrected chi connectivity index (χ1v) is 4.59. The normalized spacial score (nSPS) is 11.5. The smallest absolute Gasteiger partial charge is 0.348 e. The highest BCUT2D eigenvalue weighted by Crippen LogP contribution is 2.21. The van der Waals surface area contributed by atoms with Crippen LogP contribution < -0.4 is 4.90 Å². The Balaban J connectivity index is 2.83. The minimum absolute atomic E-state index is 0.126. The van der Waals surface area contributed by atoms with Crippen LogP contribution in [0.2, 0.25) is 5.15 Å². The summed E-state index contributed by atoms with van der Waals surface area (Å²) in [5.41, 5.74) is 0. The molecule has 0 aliphatic rings. The molecule has 0 N–H and O–H groups in total. The van der Waals surface area contributed by atoms with Crippen LogP contribution in [0.15, 0.2) is 12.4 Å². The average molecular weight is 240 g/mol. The number of hydrogen-bond donors (Lipinski definition) is 0. The summed E-state index contributed by atoms with van der Waals surface area (Å²) in [7, 11) is 0. The molecule has 0 fully saturated rings. The molecule has 0 radical (unpaired) electrons. The van der Waals surface area contributed by atoms with Gasteiger partial charge in [0.25, 0.3) is 0 Å². The van der Waals surface area contributed by atoms with Crippen molar-refractivity contribution in [1.82, 2.24) is 9.97 Å². The van der Waals surface area contributed by atoms with E-state index in [0.717, 1.165) is 11.2 Å². The van der Waals surface area contributed by atoms with Crippen LogP contribution >= 0.6 is 11.6 Å². The lowest BCUT2D eigenvalue weighted by molar-refractivity contribution is -0.119. The molecule has 0 amide bonds. The van der Waals surface area contributed by atoms with Crippen LogP contribution in [-0.2, 0) is 0 Å². The average Bonchev–Trinajstić information content (AvgIpc) is 2.13. The molecule has 0 bridgehead atoms. The molecule has 1 rings (SSSR count). The molecule has 7 heteroatoms. The van der Waals surface area contributed by atoms with Crippen molar-refractivity contribution in [2.45, 2.75) is 13.1 Å². The number of alkyl halides is 3. The summed E-state index contributed by atoms with van der Waals surface area (Å²) in [5, 5.41) is 0.126. The number of rotatable bonds is 3. The Bertz CT molecular complexity index is 329. The Morgan fingerprint density at radius 1 is 1.40 bits per heavy atom. The van der Waals surface area contributed by atoms with Crippen LogP contribution in [0.1, 0.15) is 6.92 Å². The summed E-state index contributed by atoms with van der Waals surface area (Å²) >= 11 is 5.56. The molecule has 0 aromatic carbocycles. The van der Waals surface area contributed by atoms with Gasteiger partial charge < -0.3 is 4.90 Å². The van der Waals surface area contributed by atoms with E-state index in [0.29, 0.717) is 0 Å². The summed E-state index contributed by atoms with van der Waals surface area (Å²) in [4.78, 5) is 8.40. The van der Waals surface area contributed by atoms with Gasteiger partial charge in [-0.05, 0) is 6.92 Å². The van der Waals surface area contributed by atoms with E-state index in [1.165, 1.54) is 6.07 Å². The number of hydrogen-bond acceptors (Lipinski definition) is 3. The minimum atomic E-state index is -4.26. The number of anilines is 1. The molecule has 15 heavy (non-hydrogen) atoms. The second kappa shape index (κ2) is 4.65. The van der Waals surface area contributed by atoms with E-state index in [-0.39, 0.29) is 17.5 Å². The summed E-state index contributed by atoms with van der Waals surface area (Å²) in [6, 6.07) is 1.30. The number of halogens is 4. The van der Waals surface area contributed by atoms with Crippen LogP contribution in [0.3, 0.4) is 0 Å². The number of aromatic nitrogens is 2. The predicted octanol–water partition coefficient (Wildman–Crippen LogP) is 2.52. The third-order valence-corrected chi connectivity index (χ3v) is 1.90. The predicted molar refractivity (Wildman–Crippen MR) is 51.0 cm³/mol. The molecule has 0 aliphatic carbocycles. The van der Waals surface area contributed by atoms with Crippen molar-refractivity contribution >= 4 is 17.4 Å². The molecule has 0 saturated carbocycles. The van der Waals surface area contributed by atoms with Crippen LogP contribution in [-0.4, -0.2) is 29.2 Å². The highest BCUT2D eigenvalue weighted by atomic mass is 35.5. The Hall–Kier alpha value is -1.04. The molecule has 0 saturated heterocycles. The summed E-state index contributed by atoms with van der Waals surface area (Å²) < 4.78 is 36.5. The molecule has 84 valence electrons. The van der Waals surface area contributed by atoms with Gasteiger partial charge in [-0.3, -0.25) is 0 Å². The topological polar surface area (TPSA) is 29.0 Å². The maximum Gasteiger partial charge on any atom is 0.405 e. The third-order valence-electron chi connectivity index (χ3n) is 1.70. The first-order chi connectivity index (χ1) is 6.92. The maximum absolute atomic E-state index is 12.2. The minimum Gasteiger partial charge on any atom is -0.348 e. The van der Waals surface area contributed by atoms with Crippen LogP contribution in [0.25, 0.3) is 0 Å². The molecular formula is C8H9ClF3N3. The van der Waals surface area contributed by atoms with Crippen molar-refractivity contribution in [2.24, 2.45) is 0 Å². The van der Waals surface area contributed by atoms with Gasteiger partial charge in [-0.2, -0.15) is 13.2 Å². The maximum atomic E-state index is 12.2. The van der Waals surface area contributed by atoms with Gasteiger partial charge in [0, 0.05) is 12.6 Å². The van der Waals surface area contributed by atoms with E-state index < -0.39 is 12.7 Å². The number of nitrogens with zero attached hydrogens (tertiary/aromatic N) is 3. The largest absolute Gasteiger partial charge is 0.405 e. The second-order valence-electron chi connectivity index (χ2n) is 2.83. The zero-order valence-corrected chi connectivity index (χ0v) is 8.68. The standard InChI is InChI=1S/C8H9ClF3N3/c1-2-15(4-8(10,11)12)7-3-6(9)13-5-14-7/h3,5H,2,4H2,1H3.